The number of benzene rings is 2. The Morgan fingerprint density at radius 3 is 2.88 bits per heavy atom. The highest BCUT2D eigenvalue weighted by Gasteiger charge is 2.30. The van der Waals surface area contributed by atoms with Gasteiger partial charge in [0.1, 0.15) is 17.2 Å². The molecular formula is C24H24N6O2. The van der Waals surface area contributed by atoms with Crippen molar-refractivity contribution in [3.05, 3.63) is 66.5 Å². The molecule has 0 bridgehead atoms. The van der Waals surface area contributed by atoms with Crippen molar-refractivity contribution in [2.45, 2.75) is 19.4 Å². The van der Waals surface area contributed by atoms with Crippen LogP contribution in [0.2, 0.25) is 0 Å². The van der Waals surface area contributed by atoms with Gasteiger partial charge in [-0.15, -0.1) is 0 Å². The van der Waals surface area contributed by atoms with Crippen molar-refractivity contribution >= 4 is 39.7 Å². The minimum Gasteiger partial charge on any atom is -0.484 e. The Bertz CT molecular complexity index is 1310. The highest BCUT2D eigenvalue weighted by molar-refractivity contribution is 6.08. The lowest BCUT2D eigenvalue weighted by molar-refractivity contribution is 0.102. The van der Waals surface area contributed by atoms with Gasteiger partial charge in [0.2, 0.25) is 0 Å². The van der Waals surface area contributed by atoms with E-state index in [4.69, 9.17) is 4.74 Å². The number of fused-ring (bicyclic) bond motifs is 2. The number of carbonyl (C=O) groups is 1. The maximum absolute atomic E-state index is 13.1. The fraction of sp³-hybridized carbons (Fsp3) is 0.208. The molecule has 0 aliphatic carbocycles. The van der Waals surface area contributed by atoms with E-state index >= 15 is 0 Å². The second kappa shape index (κ2) is 7.56. The molecule has 32 heavy (non-hydrogen) atoms. The highest BCUT2D eigenvalue weighted by Crippen LogP contribution is 2.38. The van der Waals surface area contributed by atoms with E-state index in [0.717, 1.165) is 34.6 Å². The number of nitrogens with zero attached hydrogens (tertiary/aromatic N) is 3. The molecule has 0 radical (unpaired) electrons. The largest absolute Gasteiger partial charge is 0.484 e. The Hall–Kier alpha value is -4.07. The van der Waals surface area contributed by atoms with Gasteiger partial charge >= 0.3 is 0 Å². The quantitative estimate of drug-likeness (QED) is 0.441. The van der Waals surface area contributed by atoms with Crippen LogP contribution in [-0.2, 0) is 0 Å². The molecule has 0 unspecified atom stereocenters. The third-order valence-electron chi connectivity index (χ3n) is 5.39. The number of rotatable bonds is 4. The van der Waals surface area contributed by atoms with Crippen LogP contribution in [0.15, 0.2) is 60.9 Å². The highest BCUT2D eigenvalue weighted by atomic mass is 16.5. The summed E-state index contributed by atoms with van der Waals surface area (Å²) in [5.74, 6) is 1.03. The van der Waals surface area contributed by atoms with E-state index < -0.39 is 0 Å². The Morgan fingerprint density at radius 2 is 2.00 bits per heavy atom. The van der Waals surface area contributed by atoms with Gasteiger partial charge in [-0.2, -0.15) is 5.10 Å². The summed E-state index contributed by atoms with van der Waals surface area (Å²) in [5.41, 5.74) is 3.53. The molecule has 0 saturated heterocycles. The molecular weight excluding hydrogens is 404 g/mol. The van der Waals surface area contributed by atoms with Crippen LogP contribution in [0, 0.1) is 0 Å². The molecule has 8 nitrogen and oxygen atoms in total. The van der Waals surface area contributed by atoms with E-state index in [2.05, 4.69) is 44.6 Å². The molecule has 4 aromatic rings. The summed E-state index contributed by atoms with van der Waals surface area (Å²) in [6, 6.07) is 15.0. The monoisotopic (exact) mass is 428 g/mol. The molecule has 0 spiro atoms. The molecule has 162 valence electrons. The molecule has 2 aromatic carbocycles. The second-order valence-electron chi connectivity index (χ2n) is 8.55. The van der Waals surface area contributed by atoms with Gasteiger partial charge in [0.15, 0.2) is 0 Å². The van der Waals surface area contributed by atoms with Gasteiger partial charge in [0, 0.05) is 30.0 Å². The summed E-state index contributed by atoms with van der Waals surface area (Å²) in [6.45, 7) is 4.88. The smallest absolute Gasteiger partial charge is 0.259 e. The number of ether oxygens (including phenoxy) is 1. The Morgan fingerprint density at radius 1 is 1.16 bits per heavy atom. The van der Waals surface area contributed by atoms with Crippen LogP contribution in [-0.4, -0.2) is 40.3 Å². The molecule has 1 amide bonds. The predicted octanol–water partition coefficient (Wildman–Crippen LogP) is 4.56. The predicted molar refractivity (Wildman–Crippen MR) is 126 cm³/mol. The molecule has 3 heterocycles. The molecule has 5 rings (SSSR count). The third-order valence-corrected chi connectivity index (χ3v) is 5.39. The van der Waals surface area contributed by atoms with E-state index in [9.17, 15) is 4.79 Å². The first-order valence-electron chi connectivity index (χ1n) is 10.4. The summed E-state index contributed by atoms with van der Waals surface area (Å²) in [5, 5.41) is 14.2. The first kappa shape index (κ1) is 19.9. The lowest BCUT2D eigenvalue weighted by Gasteiger charge is -2.39. The summed E-state index contributed by atoms with van der Waals surface area (Å²) < 4.78 is 6.06. The molecule has 2 aromatic heterocycles. The van der Waals surface area contributed by atoms with Gasteiger partial charge in [-0.25, -0.2) is 4.98 Å². The zero-order valence-corrected chi connectivity index (χ0v) is 18.1. The maximum Gasteiger partial charge on any atom is 0.259 e. The average molecular weight is 428 g/mol. The number of hydrogen-bond donors (Lipinski definition) is 3. The van der Waals surface area contributed by atoms with E-state index in [1.807, 2.05) is 43.4 Å². The molecule has 0 fully saturated rings. The van der Waals surface area contributed by atoms with Crippen molar-refractivity contribution in [2.24, 2.45) is 0 Å². The van der Waals surface area contributed by atoms with Crippen LogP contribution in [0.1, 0.15) is 24.2 Å². The van der Waals surface area contributed by atoms with E-state index in [1.165, 1.54) is 0 Å². The number of nitrogens with one attached hydrogen (secondary N) is 3. The first-order chi connectivity index (χ1) is 15.4. The minimum atomic E-state index is -0.262. The van der Waals surface area contributed by atoms with E-state index in [0.29, 0.717) is 17.1 Å². The topological polar surface area (TPSA) is 95.2 Å². The van der Waals surface area contributed by atoms with Gasteiger partial charge in [0.05, 0.1) is 29.5 Å². The Labute approximate surface area is 185 Å². The van der Waals surface area contributed by atoms with Crippen LogP contribution in [0.3, 0.4) is 0 Å². The van der Waals surface area contributed by atoms with Gasteiger partial charge in [-0.05, 0) is 62.4 Å². The van der Waals surface area contributed by atoms with Crippen molar-refractivity contribution in [3.63, 3.8) is 0 Å². The molecule has 0 atom stereocenters. The number of amides is 1. The van der Waals surface area contributed by atoms with Crippen molar-refractivity contribution < 1.29 is 9.53 Å². The average Bonchev–Trinajstić information content (AvgIpc) is 3.22. The normalized spacial score (nSPS) is 14.5. The molecule has 1 aliphatic heterocycles. The third kappa shape index (κ3) is 3.82. The zero-order chi connectivity index (χ0) is 22.3. The van der Waals surface area contributed by atoms with E-state index in [1.54, 1.807) is 24.5 Å². The van der Waals surface area contributed by atoms with Crippen LogP contribution < -0.4 is 20.3 Å². The molecule has 1 aliphatic rings. The number of carbonyl (C=O) groups excluding carboxylic acids is 1. The van der Waals surface area contributed by atoms with Crippen LogP contribution in [0.4, 0.5) is 22.9 Å². The number of aromatic nitrogens is 3. The molecule has 8 heteroatoms. The lowest BCUT2D eigenvalue weighted by atomic mass is 10.1. The summed E-state index contributed by atoms with van der Waals surface area (Å²) in [7, 11) is 2.02. The van der Waals surface area contributed by atoms with Crippen molar-refractivity contribution in [2.75, 3.05) is 29.1 Å². The number of aromatic amines is 1. The Balaban J connectivity index is 1.38. The maximum atomic E-state index is 13.1. The number of likely N-dealkylation sites (N-methyl/N-ethyl adjacent to an activating group) is 1. The fourth-order valence-electron chi connectivity index (χ4n) is 4.00. The lowest BCUT2D eigenvalue weighted by Crippen LogP contribution is -2.45. The molecule has 0 saturated carbocycles. The molecule has 3 N–H and O–H groups in total. The van der Waals surface area contributed by atoms with Crippen molar-refractivity contribution in [1.82, 2.24) is 15.2 Å². The van der Waals surface area contributed by atoms with Crippen LogP contribution >= 0.6 is 0 Å². The number of hydrogen-bond acceptors (Lipinski definition) is 6. The first-order valence-corrected chi connectivity index (χ1v) is 10.4. The van der Waals surface area contributed by atoms with Crippen molar-refractivity contribution in [3.8, 4) is 5.75 Å². The van der Waals surface area contributed by atoms with Gasteiger partial charge in [-0.3, -0.25) is 9.89 Å². The number of H-pyrrole nitrogens is 1. The van der Waals surface area contributed by atoms with Gasteiger partial charge in [-0.1, -0.05) is 0 Å². The number of pyridine rings is 1. The fourth-order valence-corrected chi connectivity index (χ4v) is 4.00. The van der Waals surface area contributed by atoms with Gasteiger partial charge < -0.3 is 20.3 Å². The summed E-state index contributed by atoms with van der Waals surface area (Å²) in [4.78, 5) is 19.6. The van der Waals surface area contributed by atoms with Crippen LogP contribution in [0.5, 0.6) is 5.75 Å². The van der Waals surface area contributed by atoms with Crippen LogP contribution in [0.25, 0.3) is 10.9 Å². The van der Waals surface area contributed by atoms with E-state index in [-0.39, 0.29) is 11.5 Å². The summed E-state index contributed by atoms with van der Waals surface area (Å²) in [6.07, 6.45) is 3.42. The zero-order valence-electron chi connectivity index (χ0n) is 18.1. The SMILES string of the molecule is CN1CC(C)(C)Oc2ccc(NC(=O)c3cccnc3Nc3ccc4cn[nH]c4c3)cc21. The second-order valence-corrected chi connectivity index (χ2v) is 8.55. The standard InChI is InChI=1S/C24H24N6O2/c1-24(2)14-30(3)20-12-17(8-9-21(20)32-24)28-23(31)18-5-4-10-25-22(18)27-16-7-6-15-13-26-29-19(15)11-16/h4-13H,14H2,1-3H3,(H,25,27)(H,26,29)(H,28,31). The summed E-state index contributed by atoms with van der Waals surface area (Å²) >= 11 is 0. The Kier molecular flexibility index (Phi) is 4.70. The van der Waals surface area contributed by atoms with Gasteiger partial charge in [0.25, 0.3) is 5.91 Å². The minimum absolute atomic E-state index is 0.247. The number of anilines is 4. The van der Waals surface area contributed by atoms with Crippen molar-refractivity contribution in [1.29, 1.82) is 0 Å².